The van der Waals surface area contributed by atoms with Crippen molar-refractivity contribution in [1.29, 1.82) is 0 Å². The number of rotatable bonds is 7. The largest absolute Gasteiger partial charge is 0.444 e. The van der Waals surface area contributed by atoms with Crippen LogP contribution in [-0.4, -0.2) is 24.9 Å². The van der Waals surface area contributed by atoms with Gasteiger partial charge in [0, 0.05) is 6.54 Å². The van der Waals surface area contributed by atoms with Gasteiger partial charge in [-0.05, 0) is 52.3 Å². The van der Waals surface area contributed by atoms with Crippen LogP contribution in [0.15, 0.2) is 24.3 Å². The normalized spacial score (nSPS) is 12.0. The van der Waals surface area contributed by atoms with Gasteiger partial charge in [-0.1, -0.05) is 12.1 Å². The fourth-order valence-electron chi connectivity index (χ4n) is 1.81. The first-order valence-corrected chi connectivity index (χ1v) is 9.20. The third-order valence-corrected chi connectivity index (χ3v) is 4.81. The molecule has 0 heterocycles. The van der Waals surface area contributed by atoms with Gasteiger partial charge in [0.2, 0.25) is 0 Å². The van der Waals surface area contributed by atoms with Crippen LogP contribution in [0.5, 0.6) is 0 Å². The Morgan fingerprint density at radius 1 is 1.09 bits per heavy atom. The monoisotopic (exact) mass is 343 g/mol. The van der Waals surface area contributed by atoms with Crippen molar-refractivity contribution < 1.29 is 23.1 Å². The molecule has 0 bridgehead atoms. The van der Waals surface area contributed by atoms with Crippen LogP contribution < -0.4 is 10.6 Å². The number of alkyl carbamates (subject to hydrolysis) is 1. The summed E-state index contributed by atoms with van der Waals surface area (Å²) in [5.41, 5.74) is 0.328. The number of nitrogens with one attached hydrogen (secondary N) is 1. The highest BCUT2D eigenvalue weighted by atomic mass is 31.2. The molecule has 1 N–H and O–H groups in total. The predicted molar refractivity (Wildman–Crippen MR) is 90.0 cm³/mol. The molecule has 0 saturated carbocycles. The van der Waals surface area contributed by atoms with Gasteiger partial charge in [-0.3, -0.25) is 4.57 Å². The second-order valence-corrected chi connectivity index (χ2v) is 7.88. The fourth-order valence-corrected chi connectivity index (χ4v) is 3.38. The molecule has 1 aromatic rings. The van der Waals surface area contributed by atoms with Gasteiger partial charge >= 0.3 is 13.7 Å². The first kappa shape index (κ1) is 19.7. The minimum atomic E-state index is -3.27. The molecular weight excluding hydrogens is 317 g/mol. The molecule has 0 atom stereocenters. The number of hydrogen-bond donors (Lipinski definition) is 1. The smallest absolute Gasteiger partial charge is 0.407 e. The standard InChI is InChI=1S/C16H26NO5P/c1-6-20-23(19,21-7-2)14-10-8-13(9-11-14)12-17-15(18)22-16(3,4)5/h8-11H,6-7,12H2,1-5H3,(H,17,18). The zero-order valence-corrected chi connectivity index (χ0v) is 15.3. The van der Waals surface area contributed by atoms with Crippen molar-refractivity contribution in [1.82, 2.24) is 5.32 Å². The number of ether oxygens (including phenoxy) is 1. The predicted octanol–water partition coefficient (Wildman–Crippen LogP) is 3.60. The van der Waals surface area contributed by atoms with E-state index in [0.29, 0.717) is 25.1 Å². The summed E-state index contributed by atoms with van der Waals surface area (Å²) in [4.78, 5) is 11.6. The summed E-state index contributed by atoms with van der Waals surface area (Å²) in [6.07, 6.45) is -0.476. The molecular formula is C16H26NO5P. The Morgan fingerprint density at radius 3 is 2.04 bits per heavy atom. The van der Waals surface area contributed by atoms with E-state index in [1.807, 2.05) is 0 Å². The van der Waals surface area contributed by atoms with Crippen molar-refractivity contribution in [3.63, 3.8) is 0 Å². The number of carbonyl (C=O) groups is 1. The summed E-state index contributed by atoms with van der Waals surface area (Å²) < 4.78 is 28.4. The molecule has 6 nitrogen and oxygen atoms in total. The first-order chi connectivity index (χ1) is 10.7. The molecule has 0 aliphatic rings. The second kappa shape index (κ2) is 8.48. The van der Waals surface area contributed by atoms with Gasteiger partial charge in [0.1, 0.15) is 5.60 Å². The Kier molecular flexibility index (Phi) is 7.26. The Labute approximate surface area is 138 Å². The highest BCUT2D eigenvalue weighted by molar-refractivity contribution is 7.62. The molecule has 0 aromatic heterocycles. The molecule has 23 heavy (non-hydrogen) atoms. The average Bonchev–Trinajstić information content (AvgIpc) is 2.44. The van der Waals surface area contributed by atoms with Crippen molar-refractivity contribution in [2.45, 2.75) is 46.8 Å². The quantitative estimate of drug-likeness (QED) is 0.766. The van der Waals surface area contributed by atoms with Crippen molar-refractivity contribution in [3.05, 3.63) is 29.8 Å². The number of amides is 1. The van der Waals surface area contributed by atoms with E-state index in [0.717, 1.165) is 5.56 Å². The van der Waals surface area contributed by atoms with E-state index >= 15 is 0 Å². The molecule has 0 radical (unpaired) electrons. The summed E-state index contributed by atoms with van der Waals surface area (Å²) >= 11 is 0. The van der Waals surface area contributed by atoms with Crippen LogP contribution >= 0.6 is 7.60 Å². The highest BCUT2D eigenvalue weighted by Crippen LogP contribution is 2.46. The molecule has 1 amide bonds. The summed E-state index contributed by atoms with van der Waals surface area (Å²) in [5.74, 6) is 0. The van der Waals surface area contributed by atoms with E-state index in [1.54, 1.807) is 58.9 Å². The molecule has 0 saturated heterocycles. The maximum atomic E-state index is 12.6. The van der Waals surface area contributed by atoms with Gasteiger partial charge in [0.25, 0.3) is 0 Å². The van der Waals surface area contributed by atoms with Gasteiger partial charge < -0.3 is 19.1 Å². The van der Waals surface area contributed by atoms with Crippen LogP contribution in [0.3, 0.4) is 0 Å². The van der Waals surface area contributed by atoms with Gasteiger partial charge in [0.15, 0.2) is 0 Å². The number of benzene rings is 1. The summed E-state index contributed by atoms with van der Waals surface area (Å²) in [7, 11) is -3.27. The van der Waals surface area contributed by atoms with Crippen LogP contribution in [0.25, 0.3) is 0 Å². The van der Waals surface area contributed by atoms with Crippen LogP contribution in [-0.2, 0) is 24.9 Å². The molecule has 0 aliphatic carbocycles. The third kappa shape index (κ3) is 6.73. The Bertz CT molecular complexity index is 541. The molecule has 0 spiro atoms. The molecule has 7 heteroatoms. The fraction of sp³-hybridized carbons (Fsp3) is 0.562. The molecule has 0 unspecified atom stereocenters. The zero-order valence-electron chi connectivity index (χ0n) is 14.4. The van der Waals surface area contributed by atoms with Crippen LogP contribution in [0.4, 0.5) is 4.79 Å². The van der Waals surface area contributed by atoms with E-state index in [4.69, 9.17) is 13.8 Å². The van der Waals surface area contributed by atoms with E-state index < -0.39 is 19.3 Å². The van der Waals surface area contributed by atoms with Crippen molar-refractivity contribution >= 4 is 19.0 Å². The Balaban J connectivity index is 2.69. The minimum Gasteiger partial charge on any atom is -0.444 e. The van der Waals surface area contributed by atoms with Gasteiger partial charge in [-0.2, -0.15) is 0 Å². The van der Waals surface area contributed by atoms with Crippen molar-refractivity contribution in [2.24, 2.45) is 0 Å². The lowest BCUT2D eigenvalue weighted by Gasteiger charge is -2.20. The first-order valence-electron chi connectivity index (χ1n) is 7.65. The van der Waals surface area contributed by atoms with E-state index in [1.165, 1.54) is 0 Å². The minimum absolute atomic E-state index is 0.305. The maximum absolute atomic E-state index is 12.6. The number of hydrogen-bond acceptors (Lipinski definition) is 5. The van der Waals surface area contributed by atoms with E-state index in [-0.39, 0.29) is 0 Å². The third-order valence-electron chi connectivity index (χ3n) is 2.69. The Morgan fingerprint density at radius 2 is 1.61 bits per heavy atom. The zero-order chi connectivity index (χ0) is 17.5. The molecule has 1 rings (SSSR count). The summed E-state index contributed by atoms with van der Waals surface area (Å²) in [6, 6.07) is 6.94. The lowest BCUT2D eigenvalue weighted by Crippen LogP contribution is -2.32. The Hall–Kier alpha value is -1.36. The van der Waals surface area contributed by atoms with Gasteiger partial charge in [0.05, 0.1) is 18.5 Å². The molecule has 0 fully saturated rings. The van der Waals surface area contributed by atoms with Crippen molar-refractivity contribution in [3.8, 4) is 0 Å². The summed E-state index contributed by atoms with van der Waals surface area (Å²) in [6.45, 7) is 9.89. The van der Waals surface area contributed by atoms with Crippen LogP contribution in [0, 0.1) is 0 Å². The second-order valence-electron chi connectivity index (χ2n) is 5.85. The molecule has 1 aromatic carbocycles. The maximum Gasteiger partial charge on any atom is 0.407 e. The number of carbonyl (C=O) groups excluding carboxylic acids is 1. The van der Waals surface area contributed by atoms with Gasteiger partial charge in [-0.25, -0.2) is 4.79 Å². The lowest BCUT2D eigenvalue weighted by molar-refractivity contribution is 0.0523. The van der Waals surface area contributed by atoms with Crippen LogP contribution in [0.1, 0.15) is 40.2 Å². The van der Waals surface area contributed by atoms with E-state index in [2.05, 4.69) is 5.32 Å². The molecule has 0 aliphatic heterocycles. The lowest BCUT2D eigenvalue weighted by atomic mass is 10.2. The van der Waals surface area contributed by atoms with Crippen LogP contribution in [0.2, 0.25) is 0 Å². The van der Waals surface area contributed by atoms with Gasteiger partial charge in [-0.15, -0.1) is 0 Å². The highest BCUT2D eigenvalue weighted by Gasteiger charge is 2.26. The topological polar surface area (TPSA) is 73.9 Å². The summed E-state index contributed by atoms with van der Waals surface area (Å²) in [5, 5.41) is 3.17. The molecule has 130 valence electrons. The van der Waals surface area contributed by atoms with E-state index in [9.17, 15) is 9.36 Å². The average molecular weight is 343 g/mol. The SMILES string of the molecule is CCOP(=O)(OCC)c1ccc(CNC(=O)OC(C)(C)C)cc1. The van der Waals surface area contributed by atoms with Crippen molar-refractivity contribution in [2.75, 3.05) is 13.2 Å².